The Labute approximate surface area is 152 Å². The fraction of sp³-hybridized carbons (Fsp3) is 0.133. The van der Waals surface area contributed by atoms with Crippen molar-refractivity contribution in [2.45, 2.75) is 4.90 Å². The third-order valence-electron chi connectivity index (χ3n) is 3.23. The average molecular weight is 396 g/mol. The molecule has 0 aliphatic rings. The number of carbonyl (C=O) groups excluding carboxylic acids is 1. The van der Waals surface area contributed by atoms with Gasteiger partial charge in [0.15, 0.2) is 9.84 Å². The van der Waals surface area contributed by atoms with Crippen LogP contribution in [0, 0.1) is 20.2 Å². The summed E-state index contributed by atoms with van der Waals surface area (Å²) < 4.78 is 33.6. The van der Waals surface area contributed by atoms with Crippen molar-refractivity contribution in [1.29, 1.82) is 0 Å². The Morgan fingerprint density at radius 3 is 1.85 bits per heavy atom. The minimum atomic E-state index is -3.82. The standard InChI is InChI=1S/C15H12N2O9S/c18-15(26-13-5-1-11(2-6-13)16(19)20)25-9-10-27(23,24)14-7-3-12(4-8-14)17(21)22/h1-8H,9-10H2. The van der Waals surface area contributed by atoms with Gasteiger partial charge in [-0.2, -0.15) is 0 Å². The van der Waals surface area contributed by atoms with Crippen molar-refractivity contribution < 1.29 is 32.5 Å². The van der Waals surface area contributed by atoms with Crippen LogP contribution in [0.2, 0.25) is 0 Å². The molecule has 0 amide bonds. The molecule has 0 aliphatic heterocycles. The maximum absolute atomic E-state index is 12.1. The quantitative estimate of drug-likeness (QED) is 0.297. The number of sulfone groups is 1. The van der Waals surface area contributed by atoms with Crippen molar-refractivity contribution >= 4 is 27.4 Å². The summed E-state index contributed by atoms with van der Waals surface area (Å²) in [5.41, 5.74) is -0.443. The Hall–Kier alpha value is -3.54. The van der Waals surface area contributed by atoms with Crippen LogP contribution >= 0.6 is 0 Å². The van der Waals surface area contributed by atoms with Crippen molar-refractivity contribution in [2.24, 2.45) is 0 Å². The van der Waals surface area contributed by atoms with Gasteiger partial charge in [0.2, 0.25) is 0 Å². The summed E-state index contributed by atoms with van der Waals surface area (Å²) in [7, 11) is -3.82. The highest BCUT2D eigenvalue weighted by Gasteiger charge is 2.18. The summed E-state index contributed by atoms with van der Waals surface area (Å²) in [5.74, 6) is -0.566. The number of nitrogens with zero attached hydrogens (tertiary/aromatic N) is 2. The summed E-state index contributed by atoms with van der Waals surface area (Å²) in [6.07, 6.45) is -1.18. The van der Waals surface area contributed by atoms with Gasteiger partial charge in [-0.3, -0.25) is 20.2 Å². The zero-order chi connectivity index (χ0) is 20.0. The van der Waals surface area contributed by atoms with Crippen LogP contribution in [0.1, 0.15) is 0 Å². The van der Waals surface area contributed by atoms with E-state index in [1.165, 1.54) is 12.1 Å². The molecule has 0 bridgehead atoms. The molecule has 0 saturated heterocycles. The number of non-ortho nitro benzene ring substituents is 2. The molecule has 0 heterocycles. The number of hydrogen-bond donors (Lipinski definition) is 0. The van der Waals surface area contributed by atoms with E-state index in [2.05, 4.69) is 4.74 Å². The van der Waals surface area contributed by atoms with Crippen LogP contribution in [-0.4, -0.2) is 36.8 Å². The van der Waals surface area contributed by atoms with Gasteiger partial charge in [-0.15, -0.1) is 0 Å². The lowest BCUT2D eigenvalue weighted by Gasteiger charge is -2.07. The Bertz CT molecular complexity index is 954. The minimum Gasteiger partial charge on any atom is -0.433 e. The van der Waals surface area contributed by atoms with E-state index in [9.17, 15) is 33.4 Å². The van der Waals surface area contributed by atoms with Gasteiger partial charge < -0.3 is 9.47 Å². The third kappa shape index (κ3) is 5.47. The van der Waals surface area contributed by atoms with E-state index in [4.69, 9.17) is 4.74 Å². The summed E-state index contributed by atoms with van der Waals surface area (Å²) in [4.78, 5) is 31.2. The lowest BCUT2D eigenvalue weighted by Crippen LogP contribution is -2.18. The van der Waals surface area contributed by atoms with Crippen LogP contribution in [-0.2, 0) is 14.6 Å². The molecule has 0 radical (unpaired) electrons. The fourth-order valence-corrected chi connectivity index (χ4v) is 2.98. The van der Waals surface area contributed by atoms with E-state index < -0.39 is 38.2 Å². The first kappa shape index (κ1) is 19.8. The summed E-state index contributed by atoms with van der Waals surface area (Å²) in [5, 5.41) is 21.1. The third-order valence-corrected chi connectivity index (χ3v) is 4.92. The van der Waals surface area contributed by atoms with Crippen LogP contribution in [0.25, 0.3) is 0 Å². The average Bonchev–Trinajstić information content (AvgIpc) is 2.62. The fourth-order valence-electron chi connectivity index (χ4n) is 1.89. The van der Waals surface area contributed by atoms with Gasteiger partial charge in [0.1, 0.15) is 12.4 Å². The molecule has 0 aromatic heterocycles. The topological polar surface area (TPSA) is 156 Å². The number of ether oxygens (including phenoxy) is 2. The molecule has 2 aromatic rings. The second kappa shape index (κ2) is 8.23. The van der Waals surface area contributed by atoms with Crippen LogP contribution in [0.15, 0.2) is 53.4 Å². The first-order chi connectivity index (χ1) is 12.7. The molecular formula is C15H12N2O9S. The van der Waals surface area contributed by atoms with Crippen molar-refractivity contribution in [3.8, 4) is 5.75 Å². The molecule has 27 heavy (non-hydrogen) atoms. The first-order valence-electron chi connectivity index (χ1n) is 7.25. The van der Waals surface area contributed by atoms with E-state index in [1.54, 1.807) is 0 Å². The van der Waals surface area contributed by atoms with E-state index in [1.807, 2.05) is 0 Å². The van der Waals surface area contributed by atoms with E-state index >= 15 is 0 Å². The van der Waals surface area contributed by atoms with Crippen molar-refractivity contribution in [3.05, 3.63) is 68.8 Å². The molecule has 0 saturated carbocycles. The molecule has 142 valence electrons. The van der Waals surface area contributed by atoms with Crippen molar-refractivity contribution in [2.75, 3.05) is 12.4 Å². The SMILES string of the molecule is O=C(OCCS(=O)(=O)c1ccc([N+](=O)[O-])cc1)Oc1ccc([N+](=O)[O-])cc1. The molecule has 0 atom stereocenters. The Kier molecular flexibility index (Phi) is 6.03. The largest absolute Gasteiger partial charge is 0.513 e. The number of carbonyl (C=O) groups is 1. The van der Waals surface area contributed by atoms with Gasteiger partial charge in [-0.1, -0.05) is 0 Å². The van der Waals surface area contributed by atoms with Crippen LogP contribution in [0.4, 0.5) is 16.2 Å². The van der Waals surface area contributed by atoms with Gasteiger partial charge in [0.05, 0.1) is 20.5 Å². The van der Waals surface area contributed by atoms with Gasteiger partial charge in [0, 0.05) is 24.3 Å². The van der Waals surface area contributed by atoms with E-state index in [-0.39, 0.29) is 22.0 Å². The molecule has 2 aromatic carbocycles. The first-order valence-corrected chi connectivity index (χ1v) is 8.90. The number of nitro benzene ring substituents is 2. The molecule has 12 heteroatoms. The minimum absolute atomic E-state index is 0.0103. The van der Waals surface area contributed by atoms with Crippen LogP contribution in [0.5, 0.6) is 5.75 Å². The lowest BCUT2D eigenvalue weighted by atomic mass is 10.3. The lowest BCUT2D eigenvalue weighted by molar-refractivity contribution is -0.385. The van der Waals surface area contributed by atoms with Gasteiger partial charge in [-0.25, -0.2) is 13.2 Å². The van der Waals surface area contributed by atoms with Crippen LogP contribution < -0.4 is 4.74 Å². The zero-order valence-electron chi connectivity index (χ0n) is 13.5. The van der Waals surface area contributed by atoms with E-state index in [0.29, 0.717) is 0 Å². The smallest absolute Gasteiger partial charge is 0.433 e. The highest BCUT2D eigenvalue weighted by Crippen LogP contribution is 2.18. The highest BCUT2D eigenvalue weighted by molar-refractivity contribution is 7.91. The normalized spacial score (nSPS) is 10.8. The molecular weight excluding hydrogens is 384 g/mol. The summed E-state index contributed by atoms with van der Waals surface area (Å²) in [6.45, 7) is -0.509. The van der Waals surface area contributed by atoms with Gasteiger partial charge >= 0.3 is 6.16 Å². The van der Waals surface area contributed by atoms with Gasteiger partial charge in [-0.05, 0) is 24.3 Å². The number of hydrogen-bond acceptors (Lipinski definition) is 9. The number of rotatable bonds is 7. The maximum Gasteiger partial charge on any atom is 0.513 e. The summed E-state index contributed by atoms with van der Waals surface area (Å²) >= 11 is 0. The second-order valence-electron chi connectivity index (χ2n) is 5.02. The molecule has 11 nitrogen and oxygen atoms in total. The summed E-state index contributed by atoms with van der Waals surface area (Å²) in [6, 6.07) is 8.90. The predicted molar refractivity (Wildman–Crippen MR) is 90.2 cm³/mol. The molecule has 0 aliphatic carbocycles. The Morgan fingerprint density at radius 1 is 0.889 bits per heavy atom. The predicted octanol–water partition coefficient (Wildman–Crippen LogP) is 2.49. The van der Waals surface area contributed by atoms with Crippen molar-refractivity contribution in [3.63, 3.8) is 0 Å². The number of nitro groups is 2. The monoisotopic (exact) mass is 396 g/mol. The molecule has 0 spiro atoms. The van der Waals surface area contributed by atoms with E-state index in [0.717, 1.165) is 36.4 Å². The molecule has 2 rings (SSSR count). The van der Waals surface area contributed by atoms with Gasteiger partial charge in [0.25, 0.3) is 11.4 Å². The Morgan fingerprint density at radius 2 is 1.37 bits per heavy atom. The van der Waals surface area contributed by atoms with Crippen molar-refractivity contribution in [1.82, 2.24) is 0 Å². The Balaban J connectivity index is 1.87. The molecule has 0 fully saturated rings. The second-order valence-corrected chi connectivity index (χ2v) is 7.13. The molecule has 0 unspecified atom stereocenters. The zero-order valence-corrected chi connectivity index (χ0v) is 14.3. The molecule has 0 N–H and O–H groups in total. The van der Waals surface area contributed by atoms with Crippen LogP contribution in [0.3, 0.4) is 0 Å². The number of benzene rings is 2. The highest BCUT2D eigenvalue weighted by atomic mass is 32.2. The maximum atomic E-state index is 12.1.